The Morgan fingerprint density at radius 3 is 2.31 bits per heavy atom. The first-order valence-electron chi connectivity index (χ1n) is 12.5. The maximum absolute atomic E-state index is 13.8. The van der Waals surface area contributed by atoms with Crippen LogP contribution in [0.1, 0.15) is 19.4 Å². The Morgan fingerprint density at radius 2 is 1.64 bits per heavy atom. The Kier molecular flexibility index (Phi) is 8.70. The number of benzene rings is 3. The van der Waals surface area contributed by atoms with Crippen molar-refractivity contribution in [1.29, 1.82) is 0 Å². The van der Waals surface area contributed by atoms with Crippen LogP contribution in [0.5, 0.6) is 11.5 Å². The van der Waals surface area contributed by atoms with Crippen molar-refractivity contribution in [1.82, 2.24) is 10.2 Å². The van der Waals surface area contributed by atoms with Gasteiger partial charge in [-0.05, 0) is 55.8 Å². The molecule has 0 saturated carbocycles. The van der Waals surface area contributed by atoms with Crippen LogP contribution in [0.2, 0.25) is 0 Å². The molecule has 4 rings (SSSR count). The van der Waals surface area contributed by atoms with Gasteiger partial charge in [0.2, 0.25) is 11.8 Å². The van der Waals surface area contributed by atoms with Crippen LogP contribution in [0.15, 0.2) is 77.7 Å². The number of hydrogen-bond donors (Lipinski definition) is 1. The van der Waals surface area contributed by atoms with Crippen LogP contribution in [0.3, 0.4) is 0 Å². The Balaban J connectivity index is 1.73. The highest BCUT2D eigenvalue weighted by atomic mass is 32.2. The van der Waals surface area contributed by atoms with Gasteiger partial charge in [0.05, 0.1) is 10.6 Å². The van der Waals surface area contributed by atoms with Crippen molar-refractivity contribution in [2.24, 2.45) is 0 Å². The number of sulfonamides is 1. The molecular weight excluding hydrogens is 525 g/mol. The molecule has 2 amide bonds. The highest BCUT2D eigenvalue weighted by Crippen LogP contribution is 2.36. The van der Waals surface area contributed by atoms with E-state index in [4.69, 9.17) is 9.47 Å². The summed E-state index contributed by atoms with van der Waals surface area (Å²) in [6.45, 7) is 3.72. The third kappa shape index (κ3) is 6.48. The molecule has 3 aromatic carbocycles. The first-order chi connectivity index (χ1) is 18.7. The lowest BCUT2D eigenvalue weighted by atomic mass is 10.1. The summed E-state index contributed by atoms with van der Waals surface area (Å²) in [7, 11) is -4.20. The molecule has 0 spiro atoms. The lowest BCUT2D eigenvalue weighted by Crippen LogP contribution is -2.51. The molecule has 11 heteroatoms. The van der Waals surface area contributed by atoms with Crippen LogP contribution in [0.25, 0.3) is 0 Å². The molecule has 0 fully saturated rings. The molecule has 3 aromatic rings. The smallest absolute Gasteiger partial charge is 0.264 e. The first-order valence-corrected chi connectivity index (χ1v) is 13.9. The minimum Gasteiger partial charge on any atom is -0.486 e. The predicted molar refractivity (Wildman–Crippen MR) is 144 cm³/mol. The highest BCUT2D eigenvalue weighted by molar-refractivity contribution is 7.92. The van der Waals surface area contributed by atoms with E-state index in [0.717, 1.165) is 4.31 Å². The Hall–Kier alpha value is -4.12. The normalized spacial score (nSPS) is 13.3. The van der Waals surface area contributed by atoms with Crippen molar-refractivity contribution in [3.8, 4) is 11.5 Å². The zero-order valence-corrected chi connectivity index (χ0v) is 22.5. The minimum atomic E-state index is -4.20. The molecule has 39 heavy (non-hydrogen) atoms. The van der Waals surface area contributed by atoms with Crippen LogP contribution < -0.4 is 19.1 Å². The SMILES string of the molecule is CCNC(=O)C(C)N(Cc1ccc(F)cc1)C(=O)CN(c1ccc2c(c1)OCCO2)S(=O)(=O)c1ccccc1. The van der Waals surface area contributed by atoms with Gasteiger partial charge in [0, 0.05) is 19.2 Å². The van der Waals surface area contributed by atoms with Crippen LogP contribution in [-0.2, 0) is 26.2 Å². The van der Waals surface area contributed by atoms with E-state index in [9.17, 15) is 22.4 Å². The van der Waals surface area contributed by atoms with Crippen LogP contribution in [0.4, 0.5) is 10.1 Å². The summed E-state index contributed by atoms with van der Waals surface area (Å²) in [5.41, 5.74) is 0.779. The monoisotopic (exact) mass is 555 g/mol. The number of rotatable bonds is 10. The van der Waals surface area contributed by atoms with Crippen LogP contribution in [0, 0.1) is 5.82 Å². The first kappa shape index (κ1) is 27.9. The number of carbonyl (C=O) groups is 2. The number of nitrogens with zero attached hydrogens (tertiary/aromatic N) is 2. The molecule has 1 aliphatic heterocycles. The molecule has 1 atom stereocenters. The lowest BCUT2D eigenvalue weighted by molar-refractivity contribution is -0.139. The molecule has 0 aliphatic carbocycles. The molecule has 0 aromatic heterocycles. The molecule has 1 heterocycles. The van der Waals surface area contributed by atoms with Gasteiger partial charge in [-0.25, -0.2) is 12.8 Å². The number of amides is 2. The molecule has 0 bridgehead atoms. The number of anilines is 1. The van der Waals surface area contributed by atoms with Crippen LogP contribution in [-0.4, -0.2) is 57.5 Å². The van der Waals surface area contributed by atoms with Gasteiger partial charge in [-0.3, -0.25) is 13.9 Å². The molecule has 9 nitrogen and oxygen atoms in total. The van der Waals surface area contributed by atoms with Crippen molar-refractivity contribution >= 4 is 27.5 Å². The van der Waals surface area contributed by atoms with E-state index in [0.29, 0.717) is 36.8 Å². The number of carbonyl (C=O) groups excluding carboxylic acids is 2. The summed E-state index contributed by atoms with van der Waals surface area (Å²) < 4.78 is 53.4. The fourth-order valence-electron chi connectivity index (χ4n) is 4.13. The number of likely N-dealkylation sites (N-methyl/N-ethyl adjacent to an activating group) is 1. The third-order valence-electron chi connectivity index (χ3n) is 6.21. The zero-order chi connectivity index (χ0) is 28.0. The zero-order valence-electron chi connectivity index (χ0n) is 21.7. The van der Waals surface area contributed by atoms with Crippen LogP contribution >= 0.6 is 0 Å². The molecule has 1 aliphatic rings. The van der Waals surface area contributed by atoms with E-state index in [1.54, 1.807) is 44.2 Å². The summed E-state index contributed by atoms with van der Waals surface area (Å²) in [4.78, 5) is 27.8. The van der Waals surface area contributed by atoms with Crippen molar-refractivity contribution in [3.63, 3.8) is 0 Å². The van der Waals surface area contributed by atoms with Gasteiger partial charge in [0.15, 0.2) is 11.5 Å². The molecule has 1 N–H and O–H groups in total. The van der Waals surface area contributed by atoms with E-state index >= 15 is 0 Å². The number of hydrogen-bond acceptors (Lipinski definition) is 6. The van der Waals surface area contributed by atoms with Gasteiger partial charge in [0.1, 0.15) is 31.6 Å². The summed E-state index contributed by atoms with van der Waals surface area (Å²) >= 11 is 0. The van der Waals surface area contributed by atoms with Gasteiger partial charge in [-0.2, -0.15) is 0 Å². The maximum atomic E-state index is 13.8. The highest BCUT2D eigenvalue weighted by Gasteiger charge is 2.33. The Bertz CT molecular complexity index is 1420. The summed E-state index contributed by atoms with van der Waals surface area (Å²) in [5, 5.41) is 2.70. The third-order valence-corrected chi connectivity index (χ3v) is 8.00. The standard InChI is InChI=1S/C28H30FN3O6S/c1-3-30-28(34)20(2)31(18-21-9-11-22(29)12-10-21)27(33)19-32(39(35,36)24-7-5-4-6-8-24)23-13-14-25-26(17-23)38-16-15-37-25/h4-14,17,20H,3,15-16,18-19H2,1-2H3,(H,30,34). The largest absolute Gasteiger partial charge is 0.486 e. The second kappa shape index (κ2) is 12.2. The molecule has 0 saturated heterocycles. The molecular formula is C28H30FN3O6S. The van der Waals surface area contributed by atoms with E-state index < -0.39 is 40.2 Å². The fraction of sp³-hybridized carbons (Fsp3) is 0.286. The van der Waals surface area contributed by atoms with Crippen molar-refractivity contribution in [2.75, 3.05) is 30.6 Å². The van der Waals surface area contributed by atoms with E-state index in [-0.39, 0.29) is 17.1 Å². The van der Waals surface area contributed by atoms with E-state index in [2.05, 4.69) is 5.32 Å². The van der Waals surface area contributed by atoms with Gasteiger partial charge < -0.3 is 19.7 Å². The average molecular weight is 556 g/mol. The van der Waals surface area contributed by atoms with E-state index in [1.807, 2.05) is 0 Å². The van der Waals surface area contributed by atoms with Crippen molar-refractivity contribution < 1.29 is 31.9 Å². The quantitative estimate of drug-likeness (QED) is 0.412. The topological polar surface area (TPSA) is 105 Å². The van der Waals surface area contributed by atoms with Gasteiger partial charge in [-0.1, -0.05) is 30.3 Å². The van der Waals surface area contributed by atoms with Gasteiger partial charge in [0.25, 0.3) is 10.0 Å². The number of fused-ring (bicyclic) bond motifs is 1. The number of nitrogens with one attached hydrogen (secondary N) is 1. The molecule has 0 radical (unpaired) electrons. The summed E-state index contributed by atoms with van der Waals surface area (Å²) in [5.74, 6) is -0.626. The average Bonchev–Trinajstić information content (AvgIpc) is 2.95. The second-order valence-corrected chi connectivity index (χ2v) is 10.7. The van der Waals surface area contributed by atoms with E-state index in [1.165, 1.54) is 47.4 Å². The Labute approximate surface area is 227 Å². The minimum absolute atomic E-state index is 0.00505. The molecule has 1 unspecified atom stereocenters. The summed E-state index contributed by atoms with van der Waals surface area (Å²) in [6.07, 6.45) is 0. The van der Waals surface area contributed by atoms with Crippen molar-refractivity contribution in [3.05, 3.63) is 84.2 Å². The Morgan fingerprint density at radius 1 is 0.974 bits per heavy atom. The number of halogens is 1. The fourth-order valence-corrected chi connectivity index (χ4v) is 5.55. The second-order valence-electron chi connectivity index (χ2n) is 8.87. The molecule has 206 valence electrons. The van der Waals surface area contributed by atoms with Crippen molar-refractivity contribution in [2.45, 2.75) is 31.3 Å². The van der Waals surface area contributed by atoms with Gasteiger partial charge >= 0.3 is 0 Å². The number of ether oxygens (including phenoxy) is 2. The summed E-state index contributed by atoms with van der Waals surface area (Å²) in [6, 6.07) is 17.0. The predicted octanol–water partition coefficient (Wildman–Crippen LogP) is 3.35. The lowest BCUT2D eigenvalue weighted by Gasteiger charge is -2.32. The maximum Gasteiger partial charge on any atom is 0.264 e. The van der Waals surface area contributed by atoms with Gasteiger partial charge in [-0.15, -0.1) is 0 Å².